The molecule has 1 unspecified atom stereocenters. The van der Waals surface area contributed by atoms with Crippen LogP contribution in [0.1, 0.15) is 52.5 Å². The van der Waals surface area contributed by atoms with Crippen molar-refractivity contribution in [1.29, 1.82) is 0 Å². The average molecular weight is 452 g/mol. The fourth-order valence-corrected chi connectivity index (χ4v) is 4.47. The molecule has 0 saturated carbocycles. The molecule has 28 heavy (non-hydrogen) atoms. The van der Waals surface area contributed by atoms with Gasteiger partial charge in [0.05, 0.1) is 0 Å². The Balaban J connectivity index is 1.66. The maximum Gasteiger partial charge on any atom is 0.410 e. The number of carbonyl (C=O) groups excluding carboxylic acids is 1. The van der Waals surface area contributed by atoms with E-state index in [4.69, 9.17) is 4.74 Å². The zero-order valence-corrected chi connectivity index (χ0v) is 19.3. The molecule has 2 aliphatic rings. The summed E-state index contributed by atoms with van der Waals surface area (Å²) in [5, 5.41) is 0. The molecule has 0 aliphatic carbocycles. The molecule has 156 valence electrons. The third-order valence-corrected chi connectivity index (χ3v) is 6.12. The molecule has 3 rings (SSSR count). The Kier molecular flexibility index (Phi) is 6.92. The van der Waals surface area contributed by atoms with E-state index in [0.717, 1.165) is 24.1 Å². The minimum Gasteiger partial charge on any atom is -0.444 e. The summed E-state index contributed by atoms with van der Waals surface area (Å²) in [4.78, 5) is 19.2. The summed E-state index contributed by atoms with van der Waals surface area (Å²) >= 11 is 3.65. The maximum atomic E-state index is 12.3. The van der Waals surface area contributed by atoms with Crippen LogP contribution in [0.4, 0.5) is 10.5 Å². The van der Waals surface area contributed by atoms with E-state index in [1.807, 2.05) is 25.7 Å². The second-order valence-electron chi connectivity index (χ2n) is 9.04. The molecule has 0 N–H and O–H groups in total. The summed E-state index contributed by atoms with van der Waals surface area (Å²) in [7, 11) is 0. The Morgan fingerprint density at radius 1 is 1.14 bits per heavy atom. The highest BCUT2D eigenvalue weighted by atomic mass is 79.9. The summed E-state index contributed by atoms with van der Waals surface area (Å²) in [5.41, 5.74) is 2.22. The minimum absolute atomic E-state index is 0.203. The zero-order valence-electron chi connectivity index (χ0n) is 17.7. The van der Waals surface area contributed by atoms with Crippen LogP contribution in [0, 0.1) is 0 Å². The number of piperidine rings is 1. The van der Waals surface area contributed by atoms with Crippen LogP contribution in [0.2, 0.25) is 0 Å². The number of halogens is 1. The highest BCUT2D eigenvalue weighted by Gasteiger charge is 2.27. The van der Waals surface area contributed by atoms with E-state index >= 15 is 0 Å². The molecular weight excluding hydrogens is 418 g/mol. The van der Waals surface area contributed by atoms with Crippen LogP contribution in [-0.2, 0) is 11.3 Å². The molecule has 1 atom stereocenters. The molecule has 2 heterocycles. The molecule has 5 nitrogen and oxygen atoms in total. The predicted molar refractivity (Wildman–Crippen MR) is 118 cm³/mol. The van der Waals surface area contributed by atoms with E-state index in [-0.39, 0.29) is 6.09 Å². The first kappa shape index (κ1) is 21.4. The van der Waals surface area contributed by atoms with Crippen LogP contribution >= 0.6 is 15.9 Å². The Morgan fingerprint density at radius 2 is 1.86 bits per heavy atom. The van der Waals surface area contributed by atoms with Crippen LogP contribution in [-0.4, -0.2) is 60.3 Å². The van der Waals surface area contributed by atoms with Crippen molar-refractivity contribution in [3.63, 3.8) is 0 Å². The molecule has 2 aliphatic heterocycles. The number of likely N-dealkylation sites (tertiary alicyclic amines) is 1. The minimum atomic E-state index is -0.446. The lowest BCUT2D eigenvalue weighted by molar-refractivity contribution is 0.0240. The van der Waals surface area contributed by atoms with E-state index in [9.17, 15) is 4.79 Å². The Bertz CT molecular complexity index is 681. The molecule has 2 fully saturated rings. The van der Waals surface area contributed by atoms with Gasteiger partial charge in [0.15, 0.2) is 0 Å². The van der Waals surface area contributed by atoms with Crippen LogP contribution < -0.4 is 4.90 Å². The molecule has 2 saturated heterocycles. The summed E-state index contributed by atoms with van der Waals surface area (Å²) in [6, 6.07) is 7.25. The fraction of sp³-hybridized carbons (Fsp3) is 0.682. The standard InChI is InChI=1S/C22H34BrN3O2/c1-17-7-5-6-10-26(17)16-18-15-19(23)8-9-20(18)24-11-13-25(14-12-24)21(27)28-22(2,3)4/h8-9,15,17H,5-7,10-14,16H2,1-4H3. The van der Waals surface area contributed by atoms with Gasteiger partial charge in [-0.15, -0.1) is 0 Å². The van der Waals surface area contributed by atoms with Crippen molar-refractivity contribution < 1.29 is 9.53 Å². The lowest BCUT2D eigenvalue weighted by Crippen LogP contribution is -2.50. The van der Waals surface area contributed by atoms with Gasteiger partial charge in [-0.2, -0.15) is 0 Å². The van der Waals surface area contributed by atoms with Gasteiger partial charge in [-0.1, -0.05) is 22.4 Å². The largest absolute Gasteiger partial charge is 0.444 e. The summed E-state index contributed by atoms with van der Waals surface area (Å²) in [5.74, 6) is 0. The SMILES string of the molecule is CC1CCCCN1Cc1cc(Br)ccc1N1CCN(C(=O)OC(C)(C)C)CC1. The first-order valence-electron chi connectivity index (χ1n) is 10.5. The molecule has 6 heteroatoms. The third-order valence-electron chi connectivity index (χ3n) is 5.63. The van der Waals surface area contributed by atoms with E-state index in [2.05, 4.69) is 50.9 Å². The summed E-state index contributed by atoms with van der Waals surface area (Å²) < 4.78 is 6.65. The Labute approximate surface area is 178 Å². The number of amides is 1. The summed E-state index contributed by atoms with van der Waals surface area (Å²) in [6.45, 7) is 13.3. The fourth-order valence-electron chi connectivity index (χ4n) is 4.06. The Morgan fingerprint density at radius 3 is 2.50 bits per heavy atom. The number of rotatable bonds is 3. The van der Waals surface area contributed by atoms with Crippen LogP contribution in [0.15, 0.2) is 22.7 Å². The number of hydrogen-bond donors (Lipinski definition) is 0. The van der Waals surface area contributed by atoms with Gasteiger partial charge in [0.1, 0.15) is 5.60 Å². The van der Waals surface area contributed by atoms with E-state index in [1.165, 1.54) is 37.1 Å². The van der Waals surface area contributed by atoms with Crippen molar-refractivity contribution in [2.75, 3.05) is 37.6 Å². The number of carbonyl (C=O) groups is 1. The molecule has 1 aromatic carbocycles. The first-order chi connectivity index (χ1) is 13.2. The summed E-state index contributed by atoms with van der Waals surface area (Å²) in [6.07, 6.45) is 3.72. The number of nitrogens with zero attached hydrogens (tertiary/aromatic N) is 3. The zero-order chi connectivity index (χ0) is 20.3. The topological polar surface area (TPSA) is 36.0 Å². The van der Waals surface area contributed by atoms with Crippen molar-refractivity contribution in [2.45, 2.75) is 65.1 Å². The van der Waals surface area contributed by atoms with Crippen molar-refractivity contribution in [3.8, 4) is 0 Å². The number of anilines is 1. The lowest BCUT2D eigenvalue weighted by atomic mass is 10.0. The molecule has 0 bridgehead atoms. The molecular formula is C22H34BrN3O2. The third kappa shape index (κ3) is 5.63. The van der Waals surface area contributed by atoms with Gasteiger partial charge in [0.25, 0.3) is 0 Å². The predicted octanol–water partition coefficient (Wildman–Crippen LogP) is 4.88. The van der Waals surface area contributed by atoms with Gasteiger partial charge in [0.2, 0.25) is 0 Å². The quantitative estimate of drug-likeness (QED) is 0.655. The number of piperazine rings is 1. The van der Waals surface area contributed by atoms with Crippen molar-refractivity contribution >= 4 is 27.7 Å². The number of hydrogen-bond acceptors (Lipinski definition) is 4. The molecule has 1 aromatic rings. The van der Waals surface area contributed by atoms with Gasteiger partial charge >= 0.3 is 6.09 Å². The normalized spacial score (nSPS) is 21.7. The van der Waals surface area contributed by atoms with Crippen LogP contribution in [0.25, 0.3) is 0 Å². The second-order valence-corrected chi connectivity index (χ2v) is 9.96. The van der Waals surface area contributed by atoms with E-state index in [0.29, 0.717) is 19.1 Å². The lowest BCUT2D eigenvalue weighted by Gasteiger charge is -2.39. The van der Waals surface area contributed by atoms with Gasteiger partial charge in [0, 0.05) is 48.9 Å². The van der Waals surface area contributed by atoms with E-state index < -0.39 is 5.60 Å². The molecule has 0 spiro atoms. The highest BCUT2D eigenvalue weighted by molar-refractivity contribution is 9.10. The molecule has 0 radical (unpaired) electrons. The van der Waals surface area contributed by atoms with Crippen molar-refractivity contribution in [3.05, 3.63) is 28.2 Å². The monoisotopic (exact) mass is 451 g/mol. The average Bonchev–Trinajstić information content (AvgIpc) is 2.63. The van der Waals surface area contributed by atoms with Crippen LogP contribution in [0.5, 0.6) is 0 Å². The van der Waals surface area contributed by atoms with Crippen molar-refractivity contribution in [1.82, 2.24) is 9.80 Å². The first-order valence-corrected chi connectivity index (χ1v) is 11.3. The number of benzene rings is 1. The van der Waals surface area contributed by atoms with Gasteiger partial charge < -0.3 is 14.5 Å². The second kappa shape index (κ2) is 9.04. The van der Waals surface area contributed by atoms with Crippen LogP contribution in [0.3, 0.4) is 0 Å². The van der Waals surface area contributed by atoms with Gasteiger partial charge in [-0.25, -0.2) is 4.79 Å². The molecule has 0 aromatic heterocycles. The van der Waals surface area contributed by atoms with Gasteiger partial charge in [-0.3, -0.25) is 4.90 Å². The number of ether oxygens (including phenoxy) is 1. The molecule has 1 amide bonds. The maximum absolute atomic E-state index is 12.3. The smallest absolute Gasteiger partial charge is 0.410 e. The highest BCUT2D eigenvalue weighted by Crippen LogP contribution is 2.29. The van der Waals surface area contributed by atoms with E-state index in [1.54, 1.807) is 0 Å². The van der Waals surface area contributed by atoms with Crippen molar-refractivity contribution in [2.24, 2.45) is 0 Å². The Hall–Kier alpha value is -1.27. The van der Waals surface area contributed by atoms with Gasteiger partial charge in [-0.05, 0) is 70.8 Å².